The van der Waals surface area contributed by atoms with Crippen LogP contribution < -0.4 is 0 Å². The van der Waals surface area contributed by atoms with Crippen molar-refractivity contribution in [2.45, 2.75) is 26.7 Å². The van der Waals surface area contributed by atoms with Crippen molar-refractivity contribution in [1.82, 2.24) is 4.90 Å². The van der Waals surface area contributed by atoms with E-state index in [1.54, 1.807) is 30.2 Å². The number of amides is 1. The van der Waals surface area contributed by atoms with Crippen LogP contribution in [0, 0.1) is 5.92 Å². The molecule has 2 heteroatoms. The summed E-state index contributed by atoms with van der Waals surface area (Å²) in [5.74, 6) is 0.246. The summed E-state index contributed by atoms with van der Waals surface area (Å²) in [7, 11) is 1.78. The second-order valence-corrected chi connectivity index (χ2v) is 3.44. The first-order valence-electron chi connectivity index (χ1n) is 5.35. The third kappa shape index (κ3) is 3.74. The van der Waals surface area contributed by atoms with E-state index in [1.165, 1.54) is 0 Å². The van der Waals surface area contributed by atoms with Crippen molar-refractivity contribution in [3.05, 3.63) is 37.1 Å². The fourth-order valence-corrected chi connectivity index (χ4v) is 1.48. The summed E-state index contributed by atoms with van der Waals surface area (Å²) >= 11 is 0. The molecule has 0 aromatic carbocycles. The Morgan fingerprint density at radius 1 is 1.33 bits per heavy atom. The van der Waals surface area contributed by atoms with Crippen LogP contribution in [0.3, 0.4) is 0 Å². The highest BCUT2D eigenvalue weighted by atomic mass is 16.2. The van der Waals surface area contributed by atoms with Gasteiger partial charge in [-0.25, -0.2) is 0 Å². The van der Waals surface area contributed by atoms with Crippen molar-refractivity contribution in [1.29, 1.82) is 0 Å². The molecule has 0 saturated carbocycles. The number of likely N-dealkylation sites (N-methyl/N-ethyl adjacent to an activating group) is 1. The van der Waals surface area contributed by atoms with E-state index in [9.17, 15) is 4.79 Å². The Labute approximate surface area is 93.0 Å². The predicted octanol–water partition coefficient (Wildman–Crippen LogP) is 3.14. The molecule has 0 aliphatic carbocycles. The molecule has 0 aliphatic heterocycles. The fourth-order valence-electron chi connectivity index (χ4n) is 1.48. The minimum Gasteiger partial charge on any atom is -0.315 e. The number of carbonyl (C=O) groups is 1. The Bertz CT molecular complexity index is 262. The summed E-state index contributed by atoms with van der Waals surface area (Å²) in [4.78, 5) is 13.6. The smallest absolute Gasteiger partial charge is 0.229 e. The van der Waals surface area contributed by atoms with Crippen molar-refractivity contribution >= 4 is 5.91 Å². The molecule has 15 heavy (non-hydrogen) atoms. The summed E-state index contributed by atoms with van der Waals surface area (Å²) in [6.45, 7) is 11.4. The lowest BCUT2D eigenvalue weighted by Gasteiger charge is -2.22. The highest BCUT2D eigenvalue weighted by molar-refractivity contribution is 5.80. The van der Waals surface area contributed by atoms with Crippen LogP contribution in [0.25, 0.3) is 0 Å². The zero-order valence-electron chi connectivity index (χ0n) is 9.99. The van der Waals surface area contributed by atoms with E-state index in [1.807, 2.05) is 13.8 Å². The normalized spacial score (nSPS) is 11.3. The molecule has 84 valence electrons. The van der Waals surface area contributed by atoms with Crippen molar-refractivity contribution in [2.75, 3.05) is 7.05 Å². The van der Waals surface area contributed by atoms with Crippen molar-refractivity contribution < 1.29 is 4.79 Å². The third-order valence-corrected chi connectivity index (χ3v) is 2.55. The lowest BCUT2D eigenvalue weighted by Crippen LogP contribution is -2.31. The molecule has 0 radical (unpaired) electrons. The van der Waals surface area contributed by atoms with E-state index in [4.69, 9.17) is 0 Å². The van der Waals surface area contributed by atoms with Gasteiger partial charge in [0.05, 0.1) is 0 Å². The molecule has 0 saturated heterocycles. The zero-order chi connectivity index (χ0) is 11.8. The second kappa shape index (κ2) is 7.04. The van der Waals surface area contributed by atoms with Crippen LogP contribution in [-0.2, 0) is 4.79 Å². The van der Waals surface area contributed by atoms with Gasteiger partial charge in [-0.3, -0.25) is 4.79 Å². The SMILES string of the molecule is C=CC=C(C=C)N(C)C(=O)C(CC)CC. The molecule has 0 bridgehead atoms. The molecule has 0 atom stereocenters. The topological polar surface area (TPSA) is 20.3 Å². The Hall–Kier alpha value is -1.31. The van der Waals surface area contributed by atoms with Gasteiger partial charge in [-0.1, -0.05) is 33.1 Å². The zero-order valence-corrected chi connectivity index (χ0v) is 9.99. The number of hydrogen-bond acceptors (Lipinski definition) is 1. The van der Waals surface area contributed by atoms with E-state index in [0.29, 0.717) is 0 Å². The monoisotopic (exact) mass is 207 g/mol. The lowest BCUT2D eigenvalue weighted by molar-refractivity contribution is -0.132. The Morgan fingerprint density at radius 3 is 2.20 bits per heavy atom. The van der Waals surface area contributed by atoms with Gasteiger partial charge in [0.1, 0.15) is 0 Å². The first-order chi connectivity index (χ1) is 7.12. The third-order valence-electron chi connectivity index (χ3n) is 2.55. The molecule has 2 nitrogen and oxygen atoms in total. The van der Waals surface area contributed by atoms with Crippen molar-refractivity contribution in [3.8, 4) is 0 Å². The van der Waals surface area contributed by atoms with Crippen LogP contribution in [-0.4, -0.2) is 17.9 Å². The quantitative estimate of drug-likeness (QED) is 0.613. The molecule has 0 aromatic heterocycles. The van der Waals surface area contributed by atoms with Crippen LogP contribution in [0.15, 0.2) is 37.1 Å². The van der Waals surface area contributed by atoms with Gasteiger partial charge in [0, 0.05) is 18.7 Å². The van der Waals surface area contributed by atoms with Crippen LogP contribution >= 0.6 is 0 Å². The van der Waals surface area contributed by atoms with Gasteiger partial charge in [-0.2, -0.15) is 0 Å². The highest BCUT2D eigenvalue weighted by Gasteiger charge is 2.19. The number of hydrogen-bond donors (Lipinski definition) is 0. The van der Waals surface area contributed by atoms with E-state index >= 15 is 0 Å². The van der Waals surface area contributed by atoms with Gasteiger partial charge < -0.3 is 4.90 Å². The Balaban J connectivity index is 4.74. The average molecular weight is 207 g/mol. The highest BCUT2D eigenvalue weighted by Crippen LogP contribution is 2.14. The number of nitrogens with zero attached hydrogens (tertiary/aromatic N) is 1. The number of carbonyl (C=O) groups excluding carboxylic acids is 1. The predicted molar refractivity (Wildman–Crippen MR) is 65.3 cm³/mol. The van der Waals surface area contributed by atoms with Crippen molar-refractivity contribution in [2.24, 2.45) is 5.92 Å². The van der Waals surface area contributed by atoms with Crippen LogP contribution in [0.2, 0.25) is 0 Å². The van der Waals surface area contributed by atoms with E-state index in [2.05, 4.69) is 13.2 Å². The van der Waals surface area contributed by atoms with Gasteiger partial charge in [0.25, 0.3) is 0 Å². The van der Waals surface area contributed by atoms with Gasteiger partial charge in [0.15, 0.2) is 0 Å². The standard InChI is InChI=1S/C13H21NO/c1-6-10-12(9-4)14(5)13(15)11(7-2)8-3/h6,9-11H,1,4,7-8H2,2-3,5H3. The van der Waals surface area contributed by atoms with E-state index < -0.39 is 0 Å². The molecule has 1 amide bonds. The van der Waals surface area contributed by atoms with Crippen LogP contribution in [0.4, 0.5) is 0 Å². The lowest BCUT2D eigenvalue weighted by atomic mass is 10.0. The van der Waals surface area contributed by atoms with E-state index in [-0.39, 0.29) is 11.8 Å². The first-order valence-corrected chi connectivity index (χ1v) is 5.35. The summed E-state index contributed by atoms with van der Waals surface area (Å²) in [6, 6.07) is 0. The molecule has 0 fully saturated rings. The summed E-state index contributed by atoms with van der Waals surface area (Å²) < 4.78 is 0. The number of rotatable bonds is 6. The molecular formula is C13H21NO. The van der Waals surface area contributed by atoms with Gasteiger partial charge >= 0.3 is 0 Å². The molecule has 0 aliphatic rings. The molecule has 0 spiro atoms. The maximum absolute atomic E-state index is 12.0. The summed E-state index contributed by atoms with van der Waals surface area (Å²) in [6.07, 6.45) is 6.86. The maximum Gasteiger partial charge on any atom is 0.229 e. The van der Waals surface area contributed by atoms with Crippen LogP contribution in [0.5, 0.6) is 0 Å². The molecule has 0 unspecified atom stereocenters. The van der Waals surface area contributed by atoms with Gasteiger partial charge in [0.2, 0.25) is 5.91 Å². The number of allylic oxidation sites excluding steroid dienone is 3. The second-order valence-electron chi connectivity index (χ2n) is 3.44. The molecule has 0 rings (SSSR count). The molecule has 0 aromatic rings. The minimum absolute atomic E-state index is 0.100. The minimum atomic E-state index is 0.100. The Morgan fingerprint density at radius 2 is 1.87 bits per heavy atom. The summed E-state index contributed by atoms with van der Waals surface area (Å²) in [5.41, 5.74) is 0.793. The van der Waals surface area contributed by atoms with E-state index in [0.717, 1.165) is 18.5 Å². The molecular weight excluding hydrogens is 186 g/mol. The van der Waals surface area contributed by atoms with Gasteiger partial charge in [-0.05, 0) is 25.0 Å². The van der Waals surface area contributed by atoms with Crippen molar-refractivity contribution in [3.63, 3.8) is 0 Å². The summed E-state index contributed by atoms with van der Waals surface area (Å²) in [5, 5.41) is 0. The molecule has 0 heterocycles. The first kappa shape index (κ1) is 13.7. The molecule has 0 N–H and O–H groups in total. The van der Waals surface area contributed by atoms with Gasteiger partial charge in [-0.15, -0.1) is 0 Å². The Kier molecular flexibility index (Phi) is 6.43. The average Bonchev–Trinajstić information content (AvgIpc) is 2.26. The largest absolute Gasteiger partial charge is 0.315 e. The fraction of sp³-hybridized carbons (Fsp3) is 0.462. The maximum atomic E-state index is 12.0. The van der Waals surface area contributed by atoms with Crippen LogP contribution in [0.1, 0.15) is 26.7 Å².